The van der Waals surface area contributed by atoms with Crippen molar-refractivity contribution in [2.24, 2.45) is 11.8 Å². The van der Waals surface area contributed by atoms with Gasteiger partial charge in [0, 0.05) is 37.9 Å². The largest absolute Gasteiger partial charge is 0.476 e. The molecule has 23 heavy (non-hydrogen) atoms. The second kappa shape index (κ2) is 6.37. The summed E-state index contributed by atoms with van der Waals surface area (Å²) in [5, 5.41) is 7.89. The molecule has 7 heteroatoms. The van der Waals surface area contributed by atoms with Crippen molar-refractivity contribution in [2.75, 3.05) is 19.7 Å². The second-order valence-electron chi connectivity index (χ2n) is 6.55. The van der Waals surface area contributed by atoms with Crippen LogP contribution in [-0.4, -0.2) is 46.6 Å². The number of hydrogen-bond donors (Lipinski definition) is 0. The Labute approximate surface area is 134 Å². The van der Waals surface area contributed by atoms with Gasteiger partial charge in [0.1, 0.15) is 0 Å². The fourth-order valence-corrected chi connectivity index (χ4v) is 3.08. The molecule has 3 rings (SSSR count). The van der Waals surface area contributed by atoms with Crippen LogP contribution in [-0.2, 0) is 4.79 Å². The maximum absolute atomic E-state index is 12.9. The molecule has 0 aromatic carbocycles. The van der Waals surface area contributed by atoms with Gasteiger partial charge in [0.15, 0.2) is 0 Å². The Balaban J connectivity index is 1.40. The maximum Gasteiger partial charge on any atom is 0.249 e. The molecule has 1 aliphatic carbocycles. The van der Waals surface area contributed by atoms with E-state index in [-0.39, 0.29) is 18.7 Å². The van der Waals surface area contributed by atoms with Gasteiger partial charge in [0.2, 0.25) is 17.7 Å². The van der Waals surface area contributed by atoms with Crippen molar-refractivity contribution >= 4 is 5.91 Å². The molecule has 0 radical (unpaired) electrons. The van der Waals surface area contributed by atoms with Gasteiger partial charge in [-0.1, -0.05) is 0 Å². The van der Waals surface area contributed by atoms with Gasteiger partial charge in [0.25, 0.3) is 0 Å². The molecule has 0 bridgehead atoms. The fourth-order valence-electron chi connectivity index (χ4n) is 3.08. The number of aryl methyl sites for hydroxylation is 1. The topological polar surface area (TPSA) is 55.3 Å². The lowest BCUT2D eigenvalue weighted by Gasteiger charge is -2.39. The summed E-state index contributed by atoms with van der Waals surface area (Å²) in [6.07, 6.45) is 1.07. The lowest BCUT2D eigenvalue weighted by Crippen LogP contribution is -2.49. The minimum Gasteiger partial charge on any atom is -0.476 e. The molecule has 1 aromatic heterocycles. The van der Waals surface area contributed by atoms with Gasteiger partial charge in [0.05, 0.1) is 12.3 Å². The lowest BCUT2D eigenvalue weighted by molar-refractivity contribution is -0.161. The average Bonchev–Trinajstić information content (AvgIpc) is 2.52. The van der Waals surface area contributed by atoms with E-state index in [9.17, 15) is 13.6 Å². The van der Waals surface area contributed by atoms with Gasteiger partial charge in [-0.05, 0) is 31.7 Å². The highest BCUT2D eigenvalue weighted by atomic mass is 19.3. The third-order valence-corrected chi connectivity index (χ3v) is 4.61. The third-order valence-electron chi connectivity index (χ3n) is 4.61. The number of amides is 1. The molecule has 126 valence electrons. The Bertz CT molecular complexity index is 549. The molecule has 1 aliphatic heterocycles. The predicted octanol–water partition coefficient (Wildman–Crippen LogP) is 2.45. The molecule has 0 unspecified atom stereocenters. The molecule has 2 heterocycles. The van der Waals surface area contributed by atoms with E-state index < -0.39 is 11.8 Å². The van der Waals surface area contributed by atoms with Crippen LogP contribution in [0.5, 0.6) is 5.88 Å². The van der Waals surface area contributed by atoms with E-state index in [2.05, 4.69) is 10.2 Å². The van der Waals surface area contributed by atoms with Gasteiger partial charge in [-0.3, -0.25) is 4.79 Å². The molecule has 0 atom stereocenters. The van der Waals surface area contributed by atoms with E-state index >= 15 is 0 Å². The average molecular weight is 325 g/mol. The Morgan fingerprint density at radius 2 is 2.00 bits per heavy atom. The van der Waals surface area contributed by atoms with Crippen LogP contribution in [0, 0.1) is 18.8 Å². The molecule has 1 saturated carbocycles. The number of alkyl halides is 2. The predicted molar refractivity (Wildman–Crippen MR) is 79.2 cm³/mol. The van der Waals surface area contributed by atoms with E-state index in [1.165, 1.54) is 0 Å². The molecule has 5 nitrogen and oxygen atoms in total. The summed E-state index contributed by atoms with van der Waals surface area (Å²) < 4.78 is 31.4. The fraction of sp³-hybridized carbons (Fsp3) is 0.688. The van der Waals surface area contributed by atoms with Crippen LogP contribution in [0.25, 0.3) is 0 Å². The van der Waals surface area contributed by atoms with E-state index in [1.807, 2.05) is 13.0 Å². The van der Waals surface area contributed by atoms with Crippen molar-refractivity contribution in [3.63, 3.8) is 0 Å². The van der Waals surface area contributed by atoms with Crippen molar-refractivity contribution in [3.8, 4) is 5.88 Å². The highest BCUT2D eigenvalue weighted by Crippen LogP contribution is 2.43. The van der Waals surface area contributed by atoms with Crippen LogP contribution in [0.4, 0.5) is 8.78 Å². The molecule has 0 N–H and O–H groups in total. The SMILES string of the molecule is Cc1ccc(OCC2CCN(C(=O)C3CC(F)(F)C3)CC2)nn1. The van der Waals surface area contributed by atoms with Crippen LogP contribution < -0.4 is 4.74 Å². The first-order chi connectivity index (χ1) is 10.9. The van der Waals surface area contributed by atoms with Crippen LogP contribution in [0.15, 0.2) is 12.1 Å². The lowest BCUT2D eigenvalue weighted by atomic mass is 9.80. The number of carbonyl (C=O) groups excluding carboxylic acids is 1. The summed E-state index contributed by atoms with van der Waals surface area (Å²) in [6, 6.07) is 3.63. The van der Waals surface area contributed by atoms with E-state index in [0.717, 1.165) is 18.5 Å². The number of ether oxygens (including phenoxy) is 1. The molecule has 0 spiro atoms. The normalized spacial score (nSPS) is 21.8. The van der Waals surface area contributed by atoms with Crippen LogP contribution in [0.1, 0.15) is 31.4 Å². The zero-order valence-electron chi connectivity index (χ0n) is 13.2. The summed E-state index contributed by atoms with van der Waals surface area (Å²) in [7, 11) is 0. The first-order valence-corrected chi connectivity index (χ1v) is 8.03. The highest BCUT2D eigenvalue weighted by Gasteiger charge is 2.49. The van der Waals surface area contributed by atoms with Crippen molar-refractivity contribution in [1.29, 1.82) is 0 Å². The van der Waals surface area contributed by atoms with E-state index in [0.29, 0.717) is 31.5 Å². The molecule has 1 amide bonds. The van der Waals surface area contributed by atoms with Gasteiger partial charge in [-0.25, -0.2) is 8.78 Å². The third kappa shape index (κ3) is 3.95. The van der Waals surface area contributed by atoms with Gasteiger partial charge < -0.3 is 9.64 Å². The van der Waals surface area contributed by atoms with Crippen LogP contribution in [0.3, 0.4) is 0 Å². The maximum atomic E-state index is 12.9. The van der Waals surface area contributed by atoms with Crippen molar-refractivity contribution in [1.82, 2.24) is 15.1 Å². The number of hydrogen-bond acceptors (Lipinski definition) is 4. The molecule has 2 aliphatic rings. The smallest absolute Gasteiger partial charge is 0.249 e. The monoisotopic (exact) mass is 325 g/mol. The summed E-state index contributed by atoms with van der Waals surface area (Å²) in [4.78, 5) is 13.9. The summed E-state index contributed by atoms with van der Waals surface area (Å²) in [5.41, 5.74) is 0.839. The van der Waals surface area contributed by atoms with E-state index in [4.69, 9.17) is 4.74 Å². The van der Waals surface area contributed by atoms with E-state index in [1.54, 1.807) is 11.0 Å². The summed E-state index contributed by atoms with van der Waals surface area (Å²) in [6.45, 7) is 3.64. The van der Waals surface area contributed by atoms with Gasteiger partial charge in [-0.15, -0.1) is 5.10 Å². The minimum atomic E-state index is -2.64. The molecular formula is C16H21F2N3O2. The quantitative estimate of drug-likeness (QED) is 0.853. The van der Waals surface area contributed by atoms with Crippen molar-refractivity contribution in [2.45, 2.75) is 38.5 Å². The number of likely N-dealkylation sites (tertiary alicyclic amines) is 1. The number of carbonyl (C=O) groups is 1. The standard InChI is InChI=1S/C16H21F2N3O2/c1-11-2-3-14(20-19-11)23-10-12-4-6-21(7-5-12)15(22)13-8-16(17,18)9-13/h2-3,12-13H,4-10H2,1H3. The Kier molecular flexibility index (Phi) is 4.46. The van der Waals surface area contributed by atoms with Crippen molar-refractivity contribution < 1.29 is 18.3 Å². The summed E-state index contributed by atoms with van der Waals surface area (Å²) in [5.74, 6) is -2.38. The Hall–Kier alpha value is -1.79. The Morgan fingerprint density at radius 1 is 1.30 bits per heavy atom. The second-order valence-corrected chi connectivity index (χ2v) is 6.55. The zero-order chi connectivity index (χ0) is 16.4. The molecule has 1 saturated heterocycles. The number of rotatable bonds is 4. The zero-order valence-corrected chi connectivity index (χ0v) is 13.2. The van der Waals surface area contributed by atoms with Gasteiger partial charge >= 0.3 is 0 Å². The Morgan fingerprint density at radius 3 is 2.57 bits per heavy atom. The first kappa shape index (κ1) is 16.1. The summed E-state index contributed by atoms with van der Waals surface area (Å²) >= 11 is 0. The number of aromatic nitrogens is 2. The minimum absolute atomic E-state index is 0.111. The molecule has 2 fully saturated rings. The van der Waals surface area contributed by atoms with Crippen molar-refractivity contribution in [3.05, 3.63) is 17.8 Å². The highest BCUT2D eigenvalue weighted by molar-refractivity contribution is 5.80. The van der Waals surface area contributed by atoms with Crippen LogP contribution in [0.2, 0.25) is 0 Å². The molecule has 1 aromatic rings. The number of piperidine rings is 1. The number of nitrogens with zero attached hydrogens (tertiary/aromatic N) is 3. The van der Waals surface area contributed by atoms with Gasteiger partial charge in [-0.2, -0.15) is 5.10 Å². The van der Waals surface area contributed by atoms with Crippen LogP contribution >= 0.6 is 0 Å². The first-order valence-electron chi connectivity index (χ1n) is 8.03. The molecular weight excluding hydrogens is 304 g/mol. The number of halogens is 2.